The molecule has 1 aliphatic rings. The van der Waals surface area contributed by atoms with Crippen LogP contribution < -0.4 is 5.43 Å². The lowest BCUT2D eigenvalue weighted by Crippen LogP contribution is -2.54. The fraction of sp³-hybridized carbons (Fsp3) is 0.421. The van der Waals surface area contributed by atoms with Crippen LogP contribution in [-0.2, 0) is 4.74 Å². The van der Waals surface area contributed by atoms with Crippen molar-refractivity contribution in [2.45, 2.75) is 39.4 Å². The highest BCUT2D eigenvalue weighted by molar-refractivity contribution is 5.92. The zero-order valence-corrected chi connectivity index (χ0v) is 15.0. The molecule has 3 rings (SSSR count). The van der Waals surface area contributed by atoms with Gasteiger partial charge in [-0.2, -0.15) is 5.10 Å². The van der Waals surface area contributed by atoms with E-state index >= 15 is 0 Å². The van der Waals surface area contributed by atoms with Gasteiger partial charge < -0.3 is 9.64 Å². The van der Waals surface area contributed by atoms with Gasteiger partial charge in [0.15, 0.2) is 5.69 Å². The molecular weight excluding hydrogens is 318 g/mol. The van der Waals surface area contributed by atoms with E-state index in [2.05, 4.69) is 5.10 Å². The fourth-order valence-electron chi connectivity index (χ4n) is 3.28. The molecule has 2 heterocycles. The lowest BCUT2D eigenvalue weighted by molar-refractivity contribution is -0.119. The van der Waals surface area contributed by atoms with Crippen molar-refractivity contribution in [3.63, 3.8) is 0 Å². The highest BCUT2D eigenvalue weighted by Gasteiger charge is 2.35. The first-order valence-corrected chi connectivity index (χ1v) is 8.40. The van der Waals surface area contributed by atoms with E-state index in [1.165, 1.54) is 6.07 Å². The Morgan fingerprint density at radius 1 is 1.28 bits per heavy atom. The molecule has 1 aliphatic heterocycles. The number of nitrogens with zero attached hydrogens (tertiary/aromatic N) is 3. The summed E-state index contributed by atoms with van der Waals surface area (Å²) >= 11 is 0. The Kier molecular flexibility index (Phi) is 4.47. The average molecular weight is 341 g/mol. The number of carbonyl (C=O) groups excluding carboxylic acids is 1. The second-order valence-electron chi connectivity index (χ2n) is 7.12. The molecule has 0 spiro atoms. The molecule has 6 heteroatoms. The number of rotatable bonds is 2. The molecule has 0 N–H and O–H groups in total. The van der Waals surface area contributed by atoms with Crippen molar-refractivity contribution in [1.82, 2.24) is 14.7 Å². The molecule has 0 aliphatic carbocycles. The molecule has 1 fully saturated rings. The van der Waals surface area contributed by atoms with Crippen molar-refractivity contribution in [1.29, 1.82) is 0 Å². The van der Waals surface area contributed by atoms with Gasteiger partial charge in [-0.1, -0.05) is 18.2 Å². The Hall–Kier alpha value is -2.47. The maximum atomic E-state index is 12.9. The molecule has 132 valence electrons. The number of carbonyl (C=O) groups is 1. The third kappa shape index (κ3) is 3.64. The molecule has 2 aromatic rings. The van der Waals surface area contributed by atoms with Crippen molar-refractivity contribution < 1.29 is 9.53 Å². The minimum atomic E-state index is -0.448. The highest BCUT2D eigenvalue weighted by atomic mass is 16.5. The van der Waals surface area contributed by atoms with Crippen LogP contribution in [0.2, 0.25) is 0 Å². The molecule has 1 atom stereocenters. The lowest BCUT2D eigenvalue weighted by atomic mass is 10.1. The van der Waals surface area contributed by atoms with Gasteiger partial charge in [-0.25, -0.2) is 4.68 Å². The van der Waals surface area contributed by atoms with Crippen LogP contribution in [0.4, 0.5) is 0 Å². The van der Waals surface area contributed by atoms with Gasteiger partial charge in [0.05, 0.1) is 17.4 Å². The van der Waals surface area contributed by atoms with Crippen LogP contribution in [0.5, 0.6) is 0 Å². The van der Waals surface area contributed by atoms with Gasteiger partial charge >= 0.3 is 0 Å². The number of hydrogen-bond donors (Lipinski definition) is 0. The van der Waals surface area contributed by atoms with Crippen LogP contribution in [0, 0.1) is 6.92 Å². The summed E-state index contributed by atoms with van der Waals surface area (Å²) in [6.07, 6.45) is -0.0884. The van der Waals surface area contributed by atoms with Crippen molar-refractivity contribution in [3.05, 3.63) is 58.0 Å². The number of hydrogen-bond acceptors (Lipinski definition) is 4. The minimum Gasteiger partial charge on any atom is -0.369 e. The normalized spacial score (nSPS) is 19.7. The topological polar surface area (TPSA) is 64.4 Å². The van der Waals surface area contributed by atoms with E-state index in [0.717, 1.165) is 5.69 Å². The quantitative estimate of drug-likeness (QED) is 0.840. The van der Waals surface area contributed by atoms with E-state index in [-0.39, 0.29) is 23.1 Å². The summed E-state index contributed by atoms with van der Waals surface area (Å²) in [4.78, 5) is 27.0. The summed E-state index contributed by atoms with van der Waals surface area (Å²) < 4.78 is 7.46. The number of ether oxygens (including phenoxy) is 1. The Bertz CT molecular complexity index is 843. The molecule has 0 bridgehead atoms. The van der Waals surface area contributed by atoms with Gasteiger partial charge in [-0.3, -0.25) is 9.59 Å². The van der Waals surface area contributed by atoms with Gasteiger partial charge in [-0.05, 0) is 39.8 Å². The zero-order valence-electron chi connectivity index (χ0n) is 15.0. The van der Waals surface area contributed by atoms with Gasteiger partial charge in [0.25, 0.3) is 5.91 Å². The largest absolute Gasteiger partial charge is 0.369 e. The number of amides is 1. The predicted octanol–water partition coefficient (Wildman–Crippen LogP) is 2.18. The maximum Gasteiger partial charge on any atom is 0.278 e. The van der Waals surface area contributed by atoms with E-state index in [9.17, 15) is 9.59 Å². The Balaban J connectivity index is 2.00. The first-order valence-electron chi connectivity index (χ1n) is 8.40. The van der Waals surface area contributed by atoms with Crippen molar-refractivity contribution in [2.24, 2.45) is 0 Å². The first kappa shape index (κ1) is 17.4. The van der Waals surface area contributed by atoms with E-state index in [0.29, 0.717) is 18.8 Å². The van der Waals surface area contributed by atoms with Gasteiger partial charge in [0.1, 0.15) is 0 Å². The summed E-state index contributed by atoms with van der Waals surface area (Å²) in [7, 11) is 0. The van der Waals surface area contributed by atoms with Crippen molar-refractivity contribution in [2.75, 3.05) is 13.1 Å². The third-order valence-corrected chi connectivity index (χ3v) is 4.17. The molecule has 0 radical (unpaired) electrons. The van der Waals surface area contributed by atoms with Crippen molar-refractivity contribution >= 4 is 5.91 Å². The van der Waals surface area contributed by atoms with Crippen LogP contribution in [0.15, 0.2) is 41.2 Å². The van der Waals surface area contributed by atoms with Crippen molar-refractivity contribution in [3.8, 4) is 5.69 Å². The predicted molar refractivity (Wildman–Crippen MR) is 95.1 cm³/mol. The summed E-state index contributed by atoms with van der Waals surface area (Å²) in [5.41, 5.74) is 0.635. The molecule has 1 unspecified atom stereocenters. The molecule has 1 aromatic heterocycles. The van der Waals surface area contributed by atoms with Gasteiger partial charge in [0, 0.05) is 24.8 Å². The molecule has 1 saturated heterocycles. The minimum absolute atomic E-state index is 0.0562. The van der Waals surface area contributed by atoms with E-state index in [4.69, 9.17) is 4.74 Å². The van der Waals surface area contributed by atoms with E-state index in [1.807, 2.05) is 51.1 Å². The molecule has 0 saturated carbocycles. The summed E-state index contributed by atoms with van der Waals surface area (Å²) in [5.74, 6) is -0.349. The standard InChI is InChI=1S/C19H23N3O3/c1-13-10-16(23)17(20-22(13)15-8-6-5-7-9-15)18(24)21-11-14(2)25-19(3,4)12-21/h5-10,14H,11-12H2,1-4H3. The maximum absolute atomic E-state index is 12.9. The summed E-state index contributed by atoms with van der Waals surface area (Å²) in [6, 6.07) is 10.9. The lowest BCUT2D eigenvalue weighted by Gasteiger charge is -2.41. The van der Waals surface area contributed by atoms with Crippen LogP contribution in [-0.4, -0.2) is 45.4 Å². The highest BCUT2D eigenvalue weighted by Crippen LogP contribution is 2.21. The van der Waals surface area contributed by atoms with Crippen LogP contribution in [0.25, 0.3) is 5.69 Å². The molecule has 25 heavy (non-hydrogen) atoms. The van der Waals surface area contributed by atoms with Crippen LogP contribution >= 0.6 is 0 Å². The number of benzene rings is 1. The number of aromatic nitrogens is 2. The fourth-order valence-corrected chi connectivity index (χ4v) is 3.28. The average Bonchev–Trinajstić information content (AvgIpc) is 2.53. The smallest absolute Gasteiger partial charge is 0.278 e. The van der Waals surface area contributed by atoms with Crippen LogP contribution in [0.1, 0.15) is 37.0 Å². The molecule has 1 amide bonds. The molecular formula is C19H23N3O3. The Morgan fingerprint density at radius 2 is 1.96 bits per heavy atom. The van der Waals surface area contributed by atoms with Crippen LogP contribution in [0.3, 0.4) is 0 Å². The van der Waals surface area contributed by atoms with Gasteiger partial charge in [-0.15, -0.1) is 0 Å². The second kappa shape index (κ2) is 6.44. The SMILES string of the molecule is Cc1cc(=O)c(C(=O)N2CC(C)OC(C)(C)C2)nn1-c1ccccc1. The summed E-state index contributed by atoms with van der Waals surface area (Å²) in [5, 5.41) is 4.36. The zero-order chi connectivity index (χ0) is 18.2. The number of aryl methyl sites for hydroxylation is 1. The van der Waals surface area contributed by atoms with E-state index < -0.39 is 5.60 Å². The first-order chi connectivity index (χ1) is 11.8. The second-order valence-corrected chi connectivity index (χ2v) is 7.12. The molecule has 6 nitrogen and oxygen atoms in total. The van der Waals surface area contributed by atoms with E-state index in [1.54, 1.807) is 16.5 Å². The number of para-hydroxylation sites is 1. The summed E-state index contributed by atoms with van der Waals surface area (Å²) in [6.45, 7) is 8.47. The number of morpholine rings is 1. The molecule has 1 aromatic carbocycles. The monoisotopic (exact) mass is 341 g/mol. The van der Waals surface area contributed by atoms with Gasteiger partial charge in [0.2, 0.25) is 5.43 Å². The Labute approximate surface area is 147 Å². The Morgan fingerprint density at radius 3 is 2.60 bits per heavy atom. The third-order valence-electron chi connectivity index (χ3n) is 4.17.